The molecule has 1 atom stereocenters. The fraction of sp³-hybridized carbons (Fsp3) is 0.643. The molecule has 1 aromatic rings. The van der Waals surface area contributed by atoms with Crippen molar-refractivity contribution in [1.29, 1.82) is 0 Å². The van der Waals surface area contributed by atoms with Crippen LogP contribution in [0, 0.1) is 0 Å². The number of nitrogens with one attached hydrogen (secondary N) is 1. The molecule has 3 heteroatoms. The van der Waals surface area contributed by atoms with E-state index in [2.05, 4.69) is 21.8 Å². The monoisotopic (exact) mass is 248 g/mol. The highest BCUT2D eigenvalue weighted by Crippen LogP contribution is 2.33. The zero-order valence-corrected chi connectivity index (χ0v) is 11.1. The molecule has 0 saturated heterocycles. The van der Waals surface area contributed by atoms with E-state index >= 15 is 0 Å². The van der Waals surface area contributed by atoms with Gasteiger partial charge in [-0.3, -0.25) is 4.99 Å². The summed E-state index contributed by atoms with van der Waals surface area (Å²) in [7, 11) is 0. The van der Waals surface area contributed by atoms with E-state index in [0.29, 0.717) is 6.04 Å². The van der Waals surface area contributed by atoms with Crippen LogP contribution in [0.3, 0.4) is 0 Å². The Balaban J connectivity index is 1.72. The second-order valence-corrected chi connectivity index (χ2v) is 6.03. The Hall–Kier alpha value is -0.830. The molecule has 2 heterocycles. The fourth-order valence-corrected chi connectivity index (χ4v) is 3.82. The lowest BCUT2D eigenvalue weighted by atomic mass is 9.94. The van der Waals surface area contributed by atoms with E-state index in [-0.39, 0.29) is 0 Å². The standard InChI is InChI=1S/C14H20N2S/c1-2-7-14(15-9-3-1)16-12-5-4-6-13-11(12)8-10-17-13/h8,10,12H,1-7,9H2,(H,15,16). The minimum atomic E-state index is 0.529. The Labute approximate surface area is 107 Å². The molecule has 2 nitrogen and oxygen atoms in total. The zero-order chi connectivity index (χ0) is 11.5. The molecule has 0 amide bonds. The molecule has 2 aliphatic rings. The quantitative estimate of drug-likeness (QED) is 0.805. The van der Waals surface area contributed by atoms with Crippen molar-refractivity contribution in [3.05, 3.63) is 21.9 Å². The number of fused-ring (bicyclic) bond motifs is 1. The number of hydrogen-bond donors (Lipinski definition) is 1. The average molecular weight is 248 g/mol. The van der Waals surface area contributed by atoms with Gasteiger partial charge in [-0.2, -0.15) is 0 Å². The number of aryl methyl sites for hydroxylation is 1. The van der Waals surface area contributed by atoms with Gasteiger partial charge in [0.1, 0.15) is 0 Å². The highest BCUT2D eigenvalue weighted by molar-refractivity contribution is 7.10. The summed E-state index contributed by atoms with van der Waals surface area (Å²) >= 11 is 1.92. The molecule has 1 aliphatic heterocycles. The summed E-state index contributed by atoms with van der Waals surface area (Å²) in [5.41, 5.74) is 1.54. The molecule has 1 N–H and O–H groups in total. The van der Waals surface area contributed by atoms with Gasteiger partial charge in [0.2, 0.25) is 0 Å². The van der Waals surface area contributed by atoms with E-state index < -0.39 is 0 Å². The Morgan fingerprint density at radius 3 is 3.18 bits per heavy atom. The molecular formula is C14H20N2S. The summed E-state index contributed by atoms with van der Waals surface area (Å²) in [5, 5.41) is 5.93. The number of amidine groups is 1. The molecule has 1 aliphatic carbocycles. The van der Waals surface area contributed by atoms with Crippen LogP contribution < -0.4 is 5.32 Å². The predicted molar refractivity (Wildman–Crippen MR) is 73.9 cm³/mol. The van der Waals surface area contributed by atoms with Crippen LogP contribution in [-0.4, -0.2) is 12.4 Å². The van der Waals surface area contributed by atoms with Gasteiger partial charge in [-0.1, -0.05) is 6.42 Å². The molecule has 3 rings (SSSR count). The van der Waals surface area contributed by atoms with Gasteiger partial charge < -0.3 is 5.32 Å². The minimum Gasteiger partial charge on any atom is -0.367 e. The summed E-state index contributed by atoms with van der Waals surface area (Å²) in [6.07, 6.45) is 8.91. The number of aliphatic imine (C=N–C) groups is 1. The summed E-state index contributed by atoms with van der Waals surface area (Å²) < 4.78 is 0. The molecule has 1 unspecified atom stereocenters. The van der Waals surface area contributed by atoms with Gasteiger partial charge in [0.15, 0.2) is 0 Å². The molecule has 17 heavy (non-hydrogen) atoms. The van der Waals surface area contributed by atoms with E-state index in [9.17, 15) is 0 Å². The van der Waals surface area contributed by atoms with Crippen molar-refractivity contribution < 1.29 is 0 Å². The van der Waals surface area contributed by atoms with E-state index in [1.807, 2.05) is 11.3 Å². The smallest absolute Gasteiger partial charge is 0.0967 e. The first-order valence-corrected chi connectivity index (χ1v) is 7.67. The SMILES string of the molecule is c1cc2c(s1)CCCC2NC1=NCCCCC1. The number of nitrogens with zero attached hydrogens (tertiary/aromatic N) is 1. The number of rotatable bonds is 1. The first-order chi connectivity index (χ1) is 8.43. The van der Waals surface area contributed by atoms with Gasteiger partial charge in [-0.05, 0) is 49.1 Å². The van der Waals surface area contributed by atoms with Crippen LogP contribution in [0.5, 0.6) is 0 Å². The predicted octanol–water partition coefficient (Wildman–Crippen LogP) is 3.69. The van der Waals surface area contributed by atoms with Gasteiger partial charge in [0.05, 0.1) is 11.9 Å². The maximum atomic E-state index is 4.68. The lowest BCUT2D eigenvalue weighted by Crippen LogP contribution is -2.30. The van der Waals surface area contributed by atoms with E-state index in [4.69, 9.17) is 0 Å². The molecule has 0 bridgehead atoms. The zero-order valence-electron chi connectivity index (χ0n) is 10.2. The molecule has 0 radical (unpaired) electrons. The van der Waals surface area contributed by atoms with Gasteiger partial charge in [-0.15, -0.1) is 11.3 Å². The molecule has 1 aromatic heterocycles. The molecular weight excluding hydrogens is 228 g/mol. The molecule has 0 spiro atoms. The van der Waals surface area contributed by atoms with Crippen LogP contribution in [0.15, 0.2) is 16.4 Å². The van der Waals surface area contributed by atoms with Crippen LogP contribution in [0.2, 0.25) is 0 Å². The summed E-state index contributed by atoms with van der Waals surface area (Å²) in [6.45, 7) is 1.02. The average Bonchev–Trinajstić information content (AvgIpc) is 2.69. The Kier molecular flexibility index (Phi) is 3.46. The third-order valence-electron chi connectivity index (χ3n) is 3.77. The Morgan fingerprint density at radius 2 is 2.18 bits per heavy atom. The van der Waals surface area contributed by atoms with Crippen LogP contribution in [0.25, 0.3) is 0 Å². The second-order valence-electron chi connectivity index (χ2n) is 5.03. The van der Waals surface area contributed by atoms with Crippen molar-refractivity contribution in [2.75, 3.05) is 6.54 Å². The van der Waals surface area contributed by atoms with Crippen LogP contribution >= 0.6 is 11.3 Å². The maximum Gasteiger partial charge on any atom is 0.0967 e. The van der Waals surface area contributed by atoms with E-state index in [0.717, 1.165) is 13.0 Å². The highest BCUT2D eigenvalue weighted by atomic mass is 32.1. The van der Waals surface area contributed by atoms with Crippen molar-refractivity contribution in [3.63, 3.8) is 0 Å². The number of hydrogen-bond acceptors (Lipinski definition) is 3. The van der Waals surface area contributed by atoms with Gasteiger partial charge in [-0.25, -0.2) is 0 Å². The number of thiophene rings is 1. The van der Waals surface area contributed by atoms with E-state index in [1.165, 1.54) is 49.9 Å². The normalized spacial score (nSPS) is 24.7. The molecule has 92 valence electrons. The lowest BCUT2D eigenvalue weighted by molar-refractivity contribution is 0.528. The topological polar surface area (TPSA) is 24.4 Å². The second kappa shape index (κ2) is 5.21. The first kappa shape index (κ1) is 11.3. The minimum absolute atomic E-state index is 0.529. The molecule has 0 fully saturated rings. The third-order valence-corrected chi connectivity index (χ3v) is 4.76. The Morgan fingerprint density at radius 1 is 1.18 bits per heavy atom. The first-order valence-electron chi connectivity index (χ1n) is 6.79. The van der Waals surface area contributed by atoms with Crippen molar-refractivity contribution in [2.45, 2.75) is 51.0 Å². The van der Waals surface area contributed by atoms with Crippen LogP contribution in [0.1, 0.15) is 55.0 Å². The van der Waals surface area contributed by atoms with Gasteiger partial charge in [0.25, 0.3) is 0 Å². The lowest BCUT2D eigenvalue weighted by Gasteiger charge is -2.25. The van der Waals surface area contributed by atoms with Crippen LogP contribution in [0.4, 0.5) is 0 Å². The van der Waals surface area contributed by atoms with Gasteiger partial charge >= 0.3 is 0 Å². The van der Waals surface area contributed by atoms with Crippen molar-refractivity contribution in [2.24, 2.45) is 4.99 Å². The summed E-state index contributed by atoms with van der Waals surface area (Å²) in [5.74, 6) is 1.26. The molecule has 0 aromatic carbocycles. The van der Waals surface area contributed by atoms with Crippen molar-refractivity contribution >= 4 is 17.2 Å². The van der Waals surface area contributed by atoms with Crippen molar-refractivity contribution in [3.8, 4) is 0 Å². The highest BCUT2D eigenvalue weighted by Gasteiger charge is 2.22. The summed E-state index contributed by atoms with van der Waals surface area (Å²) in [4.78, 5) is 6.27. The fourth-order valence-electron chi connectivity index (χ4n) is 2.83. The molecule has 0 saturated carbocycles. The Bertz CT molecular complexity index is 408. The van der Waals surface area contributed by atoms with Crippen molar-refractivity contribution in [1.82, 2.24) is 5.32 Å². The van der Waals surface area contributed by atoms with Crippen LogP contribution in [-0.2, 0) is 6.42 Å². The van der Waals surface area contributed by atoms with Gasteiger partial charge in [0, 0.05) is 17.8 Å². The summed E-state index contributed by atoms with van der Waals surface area (Å²) in [6, 6.07) is 2.83. The third kappa shape index (κ3) is 2.54. The largest absolute Gasteiger partial charge is 0.367 e. The maximum absolute atomic E-state index is 4.68. The van der Waals surface area contributed by atoms with E-state index in [1.54, 1.807) is 4.88 Å².